The fourth-order valence-corrected chi connectivity index (χ4v) is 2.84. The van der Waals surface area contributed by atoms with Gasteiger partial charge in [0.1, 0.15) is 12.3 Å². The number of amides is 2. The van der Waals surface area contributed by atoms with Gasteiger partial charge in [-0.2, -0.15) is 0 Å². The Hall–Kier alpha value is -3.39. The molecule has 0 aliphatic carbocycles. The second-order valence-electron chi connectivity index (χ2n) is 6.35. The zero-order valence-electron chi connectivity index (χ0n) is 16.2. The summed E-state index contributed by atoms with van der Waals surface area (Å²) in [7, 11) is 1.52. The lowest BCUT2D eigenvalue weighted by Crippen LogP contribution is -2.21. The molecule has 2 aromatic carbocycles. The Morgan fingerprint density at radius 1 is 1.14 bits per heavy atom. The molecule has 150 valence electrons. The molecule has 29 heavy (non-hydrogen) atoms. The second-order valence-corrected chi connectivity index (χ2v) is 6.75. The monoisotopic (exact) mass is 413 g/mol. The number of anilines is 2. The van der Waals surface area contributed by atoms with Crippen LogP contribution in [0.25, 0.3) is 0 Å². The lowest BCUT2D eigenvalue weighted by molar-refractivity contribution is -0.117. The van der Waals surface area contributed by atoms with E-state index in [2.05, 4.69) is 20.9 Å². The molecular formula is C20H20ClN5O3. The molecule has 0 unspecified atom stereocenters. The number of nitrogens with one attached hydrogen (secondary N) is 2. The topological polar surface area (TPSA) is 98.1 Å². The number of benzene rings is 2. The summed E-state index contributed by atoms with van der Waals surface area (Å²) in [6.07, 6.45) is 0. The van der Waals surface area contributed by atoms with Crippen LogP contribution in [-0.2, 0) is 11.3 Å². The molecule has 0 spiro atoms. The summed E-state index contributed by atoms with van der Waals surface area (Å²) in [5.74, 6) is -0.222. The number of carbonyl (C=O) groups is 2. The highest BCUT2D eigenvalue weighted by Gasteiger charge is 2.19. The third-order valence-corrected chi connectivity index (χ3v) is 4.71. The summed E-state index contributed by atoms with van der Waals surface area (Å²) in [6, 6.07) is 12.3. The van der Waals surface area contributed by atoms with Gasteiger partial charge in [-0.15, -0.1) is 5.10 Å². The van der Waals surface area contributed by atoms with Crippen LogP contribution < -0.4 is 15.4 Å². The SMILES string of the molecule is COc1ccccc1NC(=O)c1nnn(CC(=O)Nc2ccc(C)c(Cl)c2)c1C. The third-order valence-electron chi connectivity index (χ3n) is 4.30. The van der Waals surface area contributed by atoms with Crippen LogP contribution in [0.15, 0.2) is 42.5 Å². The number of aromatic nitrogens is 3. The molecule has 0 bridgehead atoms. The molecule has 0 aliphatic heterocycles. The van der Waals surface area contributed by atoms with Gasteiger partial charge in [0.15, 0.2) is 5.69 Å². The van der Waals surface area contributed by atoms with Crippen LogP contribution in [0.4, 0.5) is 11.4 Å². The molecule has 0 atom stereocenters. The maximum absolute atomic E-state index is 12.6. The molecule has 0 saturated heterocycles. The first-order valence-electron chi connectivity index (χ1n) is 8.79. The molecule has 2 amide bonds. The Labute approximate surface area is 172 Å². The first-order chi connectivity index (χ1) is 13.9. The summed E-state index contributed by atoms with van der Waals surface area (Å²) in [6.45, 7) is 3.46. The number of hydrogen-bond donors (Lipinski definition) is 2. The maximum atomic E-state index is 12.6. The van der Waals surface area contributed by atoms with Crippen molar-refractivity contribution < 1.29 is 14.3 Å². The van der Waals surface area contributed by atoms with Gasteiger partial charge >= 0.3 is 0 Å². The van der Waals surface area contributed by atoms with Crippen molar-refractivity contribution in [3.63, 3.8) is 0 Å². The van der Waals surface area contributed by atoms with E-state index in [0.29, 0.717) is 27.8 Å². The standard InChI is InChI=1S/C20H20ClN5O3/c1-12-8-9-14(10-15(12)21)22-18(27)11-26-13(2)19(24-25-26)20(28)23-16-6-4-5-7-17(16)29-3/h4-10H,11H2,1-3H3,(H,22,27)(H,23,28). The summed E-state index contributed by atoms with van der Waals surface area (Å²) < 4.78 is 6.59. The number of hydrogen-bond acceptors (Lipinski definition) is 5. The lowest BCUT2D eigenvalue weighted by atomic mass is 10.2. The minimum absolute atomic E-state index is 0.0910. The molecular weight excluding hydrogens is 394 g/mol. The summed E-state index contributed by atoms with van der Waals surface area (Å²) in [4.78, 5) is 24.9. The van der Waals surface area contributed by atoms with Crippen molar-refractivity contribution in [2.24, 2.45) is 0 Å². The molecule has 3 aromatic rings. The van der Waals surface area contributed by atoms with E-state index < -0.39 is 5.91 Å². The molecule has 1 aromatic heterocycles. The van der Waals surface area contributed by atoms with Gasteiger partial charge in [0.05, 0.1) is 18.5 Å². The zero-order chi connectivity index (χ0) is 21.0. The van der Waals surface area contributed by atoms with Crippen LogP contribution in [0.3, 0.4) is 0 Å². The van der Waals surface area contributed by atoms with Crippen LogP contribution >= 0.6 is 11.6 Å². The highest BCUT2D eigenvalue weighted by Crippen LogP contribution is 2.24. The maximum Gasteiger partial charge on any atom is 0.278 e. The van der Waals surface area contributed by atoms with Crippen molar-refractivity contribution in [2.45, 2.75) is 20.4 Å². The summed E-state index contributed by atoms with van der Waals surface area (Å²) >= 11 is 6.08. The van der Waals surface area contributed by atoms with Gasteiger partial charge in [0.2, 0.25) is 5.91 Å². The molecule has 0 radical (unpaired) electrons. The fourth-order valence-electron chi connectivity index (χ4n) is 2.66. The number of methoxy groups -OCH3 is 1. The average Bonchev–Trinajstić information content (AvgIpc) is 3.05. The first-order valence-corrected chi connectivity index (χ1v) is 9.17. The second kappa shape index (κ2) is 8.74. The molecule has 2 N–H and O–H groups in total. The minimum atomic E-state index is -0.441. The van der Waals surface area contributed by atoms with Crippen molar-refractivity contribution in [2.75, 3.05) is 17.7 Å². The van der Waals surface area contributed by atoms with E-state index in [9.17, 15) is 9.59 Å². The molecule has 0 aliphatic rings. The van der Waals surface area contributed by atoms with E-state index in [4.69, 9.17) is 16.3 Å². The van der Waals surface area contributed by atoms with E-state index in [-0.39, 0.29) is 18.1 Å². The van der Waals surface area contributed by atoms with Crippen LogP contribution in [-0.4, -0.2) is 33.9 Å². The van der Waals surface area contributed by atoms with Gasteiger partial charge in [-0.1, -0.05) is 35.0 Å². The van der Waals surface area contributed by atoms with Crippen LogP contribution in [0, 0.1) is 13.8 Å². The van der Waals surface area contributed by atoms with Crippen molar-refractivity contribution in [1.82, 2.24) is 15.0 Å². The van der Waals surface area contributed by atoms with E-state index >= 15 is 0 Å². The largest absolute Gasteiger partial charge is 0.495 e. The summed E-state index contributed by atoms with van der Waals surface area (Å²) in [5, 5.41) is 13.9. The Bertz CT molecular complexity index is 1060. The Morgan fingerprint density at radius 3 is 2.62 bits per heavy atom. The zero-order valence-corrected chi connectivity index (χ0v) is 16.9. The normalized spacial score (nSPS) is 10.5. The third kappa shape index (κ3) is 4.72. The average molecular weight is 414 g/mol. The molecule has 8 nitrogen and oxygen atoms in total. The van der Waals surface area contributed by atoms with Crippen LogP contribution in [0.1, 0.15) is 21.7 Å². The van der Waals surface area contributed by atoms with E-state index in [1.165, 1.54) is 11.8 Å². The smallest absolute Gasteiger partial charge is 0.278 e. The van der Waals surface area contributed by atoms with Gasteiger partial charge in [-0.05, 0) is 43.7 Å². The quantitative estimate of drug-likeness (QED) is 0.645. The van der Waals surface area contributed by atoms with E-state index in [1.807, 2.05) is 13.0 Å². The molecule has 0 saturated carbocycles. The predicted octanol–water partition coefficient (Wildman–Crippen LogP) is 3.45. The highest BCUT2D eigenvalue weighted by atomic mass is 35.5. The number of ether oxygens (including phenoxy) is 1. The number of halogens is 1. The number of para-hydroxylation sites is 2. The van der Waals surface area contributed by atoms with Crippen molar-refractivity contribution in [3.05, 3.63) is 64.4 Å². The van der Waals surface area contributed by atoms with Crippen molar-refractivity contribution >= 4 is 34.8 Å². The van der Waals surface area contributed by atoms with Gasteiger partial charge in [-0.25, -0.2) is 4.68 Å². The minimum Gasteiger partial charge on any atom is -0.495 e. The van der Waals surface area contributed by atoms with Crippen molar-refractivity contribution in [3.8, 4) is 5.75 Å². The van der Waals surface area contributed by atoms with E-state index in [1.54, 1.807) is 43.3 Å². The van der Waals surface area contributed by atoms with Crippen LogP contribution in [0.5, 0.6) is 5.75 Å². The van der Waals surface area contributed by atoms with Gasteiger partial charge in [-0.3, -0.25) is 9.59 Å². The molecule has 1 heterocycles. The number of aryl methyl sites for hydroxylation is 1. The number of nitrogens with zero attached hydrogens (tertiary/aromatic N) is 3. The molecule has 0 fully saturated rings. The Kier molecular flexibility index (Phi) is 6.13. The number of rotatable bonds is 6. The molecule has 9 heteroatoms. The Balaban J connectivity index is 1.69. The Morgan fingerprint density at radius 2 is 1.90 bits per heavy atom. The van der Waals surface area contributed by atoms with Crippen LogP contribution in [0.2, 0.25) is 5.02 Å². The predicted molar refractivity (Wildman–Crippen MR) is 111 cm³/mol. The van der Waals surface area contributed by atoms with Gasteiger partial charge < -0.3 is 15.4 Å². The lowest BCUT2D eigenvalue weighted by Gasteiger charge is -2.09. The van der Waals surface area contributed by atoms with Gasteiger partial charge in [0, 0.05) is 10.7 Å². The fraction of sp³-hybridized carbons (Fsp3) is 0.200. The molecule has 3 rings (SSSR count). The van der Waals surface area contributed by atoms with E-state index in [0.717, 1.165) is 5.56 Å². The highest BCUT2D eigenvalue weighted by molar-refractivity contribution is 6.31. The summed E-state index contributed by atoms with van der Waals surface area (Å²) in [5.41, 5.74) is 2.61. The van der Waals surface area contributed by atoms with Crippen molar-refractivity contribution in [1.29, 1.82) is 0 Å². The number of carbonyl (C=O) groups excluding carboxylic acids is 2. The first kappa shape index (κ1) is 20.3. The van der Waals surface area contributed by atoms with Gasteiger partial charge in [0.25, 0.3) is 5.91 Å².